The molecule has 0 aliphatic carbocycles. The van der Waals surface area contributed by atoms with Gasteiger partial charge in [-0.2, -0.15) is 0 Å². The summed E-state index contributed by atoms with van der Waals surface area (Å²) in [6, 6.07) is 5.43. The number of hydrogen-bond donors (Lipinski definition) is 2. The molecule has 0 spiro atoms. The molecule has 0 fully saturated rings. The summed E-state index contributed by atoms with van der Waals surface area (Å²) >= 11 is 0. The van der Waals surface area contributed by atoms with E-state index in [1.54, 1.807) is 12.1 Å². The van der Waals surface area contributed by atoms with Gasteiger partial charge in [-0.05, 0) is 37.6 Å². The van der Waals surface area contributed by atoms with Crippen molar-refractivity contribution in [1.29, 1.82) is 0 Å². The Morgan fingerprint density at radius 1 is 1.42 bits per heavy atom. The molecule has 0 bridgehead atoms. The summed E-state index contributed by atoms with van der Waals surface area (Å²) in [5, 5.41) is 10.1. The highest BCUT2D eigenvalue weighted by Crippen LogP contribution is 2.24. The molecule has 1 aromatic carbocycles. The van der Waals surface area contributed by atoms with Crippen LogP contribution in [0, 0.1) is 0 Å². The fourth-order valence-electron chi connectivity index (χ4n) is 1.91. The number of aromatic hydroxyl groups is 1. The minimum atomic E-state index is 0.175. The van der Waals surface area contributed by atoms with Crippen LogP contribution in [0.2, 0.25) is 0 Å². The molecule has 0 atom stereocenters. The molecule has 2 rings (SSSR count). The zero-order chi connectivity index (χ0) is 14.0. The minimum absolute atomic E-state index is 0.175. The normalized spacial score (nSPS) is 15.2. The fourth-order valence-corrected chi connectivity index (χ4v) is 1.91. The van der Waals surface area contributed by atoms with Gasteiger partial charge in [-0.25, -0.2) is 4.99 Å². The average molecular weight is 255 g/mol. The van der Waals surface area contributed by atoms with E-state index in [1.807, 2.05) is 26.0 Å². The molecular weight excluding hydrogens is 238 g/mol. The van der Waals surface area contributed by atoms with Gasteiger partial charge < -0.3 is 10.8 Å². The molecule has 3 N–H and O–H groups in total. The fraction of sp³-hybridized carbons (Fsp3) is 0.200. The highest BCUT2D eigenvalue weighted by molar-refractivity contribution is 6.48. The van der Waals surface area contributed by atoms with Gasteiger partial charge in [0.05, 0.1) is 18.0 Å². The molecule has 0 aromatic heterocycles. The lowest BCUT2D eigenvalue weighted by Crippen LogP contribution is -2.13. The van der Waals surface area contributed by atoms with Crippen molar-refractivity contribution >= 4 is 17.0 Å². The second kappa shape index (κ2) is 5.10. The average Bonchev–Trinajstić information content (AvgIpc) is 2.50. The third kappa shape index (κ3) is 2.73. The molecule has 1 aliphatic rings. The first-order chi connectivity index (χ1) is 8.99. The number of phenols is 1. The molecule has 1 aliphatic heterocycles. The predicted molar refractivity (Wildman–Crippen MR) is 79.6 cm³/mol. The summed E-state index contributed by atoms with van der Waals surface area (Å²) in [5.74, 6) is 0.628. The Hall–Kier alpha value is -2.36. The predicted octanol–water partition coefficient (Wildman–Crippen LogP) is 2.49. The van der Waals surface area contributed by atoms with Gasteiger partial charge in [-0.15, -0.1) is 0 Å². The molecule has 1 heterocycles. The van der Waals surface area contributed by atoms with Crippen LogP contribution in [0.25, 0.3) is 5.57 Å². The molecule has 4 nitrogen and oxygen atoms in total. The van der Waals surface area contributed by atoms with Crippen LogP contribution in [0.5, 0.6) is 5.75 Å². The number of phenolic OH excluding ortho intramolecular Hbond substituents is 1. The summed E-state index contributed by atoms with van der Waals surface area (Å²) in [6.07, 6.45) is 1.75. The van der Waals surface area contributed by atoms with Crippen LogP contribution in [0.1, 0.15) is 25.0 Å². The highest BCUT2D eigenvalue weighted by Gasteiger charge is 2.14. The Morgan fingerprint density at radius 2 is 2.16 bits per heavy atom. The molecule has 1 aromatic rings. The molecular formula is C15H17N3O. The molecule has 0 saturated carbocycles. The summed E-state index contributed by atoms with van der Waals surface area (Å²) in [4.78, 5) is 8.64. The van der Waals surface area contributed by atoms with Gasteiger partial charge in [0.2, 0.25) is 0 Å². The lowest BCUT2D eigenvalue weighted by molar-refractivity contribution is 0.474. The summed E-state index contributed by atoms with van der Waals surface area (Å²) in [5.41, 5.74) is 9.53. The van der Waals surface area contributed by atoms with Crippen LogP contribution in [-0.2, 0) is 0 Å². The van der Waals surface area contributed by atoms with Crippen LogP contribution in [0.4, 0.5) is 0 Å². The van der Waals surface area contributed by atoms with Crippen LogP contribution in [0.3, 0.4) is 0 Å². The van der Waals surface area contributed by atoms with E-state index in [-0.39, 0.29) is 5.75 Å². The number of nitrogens with zero attached hydrogens (tertiary/aromatic N) is 2. The molecule has 4 heteroatoms. The molecule has 0 radical (unpaired) electrons. The monoisotopic (exact) mass is 255 g/mol. The maximum Gasteiger partial charge on any atom is 0.125 e. The molecule has 0 unspecified atom stereocenters. The van der Waals surface area contributed by atoms with Crippen LogP contribution in [0.15, 0.2) is 46.7 Å². The van der Waals surface area contributed by atoms with E-state index in [0.29, 0.717) is 29.4 Å². The van der Waals surface area contributed by atoms with E-state index in [4.69, 9.17) is 5.73 Å². The minimum Gasteiger partial charge on any atom is -0.507 e. The van der Waals surface area contributed by atoms with Crippen LogP contribution >= 0.6 is 0 Å². The highest BCUT2D eigenvalue weighted by atomic mass is 16.3. The SMILES string of the molecule is C=C(C)c1ccc(C2=NCC=C(N)N=C2C)c(O)c1. The topological polar surface area (TPSA) is 71.0 Å². The Morgan fingerprint density at radius 3 is 2.79 bits per heavy atom. The second-order valence-electron chi connectivity index (χ2n) is 4.53. The van der Waals surface area contributed by atoms with Gasteiger partial charge in [0, 0.05) is 5.56 Å². The van der Waals surface area contributed by atoms with Gasteiger partial charge in [0.1, 0.15) is 11.6 Å². The number of hydrogen-bond acceptors (Lipinski definition) is 4. The Kier molecular flexibility index (Phi) is 3.51. The van der Waals surface area contributed by atoms with Crippen molar-refractivity contribution in [3.8, 4) is 5.75 Å². The molecule has 0 saturated heterocycles. The molecule has 98 valence electrons. The molecule has 19 heavy (non-hydrogen) atoms. The quantitative estimate of drug-likeness (QED) is 0.852. The number of aliphatic imine (C=N–C) groups is 2. The van der Waals surface area contributed by atoms with Gasteiger partial charge in [-0.1, -0.05) is 18.2 Å². The van der Waals surface area contributed by atoms with Gasteiger partial charge in [0.25, 0.3) is 0 Å². The summed E-state index contributed by atoms with van der Waals surface area (Å²) < 4.78 is 0. The van der Waals surface area contributed by atoms with Gasteiger partial charge >= 0.3 is 0 Å². The third-order valence-corrected chi connectivity index (χ3v) is 2.93. The Labute approximate surface area is 112 Å². The first kappa shape index (κ1) is 13.1. The lowest BCUT2D eigenvalue weighted by Gasteiger charge is -2.09. The Balaban J connectivity index is 2.46. The smallest absolute Gasteiger partial charge is 0.125 e. The third-order valence-electron chi connectivity index (χ3n) is 2.93. The van der Waals surface area contributed by atoms with Crippen molar-refractivity contribution in [2.75, 3.05) is 6.54 Å². The second-order valence-corrected chi connectivity index (χ2v) is 4.53. The zero-order valence-electron chi connectivity index (χ0n) is 11.1. The van der Waals surface area contributed by atoms with E-state index >= 15 is 0 Å². The van der Waals surface area contributed by atoms with Crippen molar-refractivity contribution in [3.63, 3.8) is 0 Å². The van der Waals surface area contributed by atoms with E-state index in [0.717, 1.165) is 11.1 Å². The van der Waals surface area contributed by atoms with Crippen LogP contribution < -0.4 is 5.73 Å². The summed E-state index contributed by atoms with van der Waals surface area (Å²) in [7, 11) is 0. The molecule has 0 amide bonds. The Bertz CT molecular complexity index is 624. The van der Waals surface area contributed by atoms with Crippen molar-refractivity contribution < 1.29 is 5.11 Å². The number of benzene rings is 1. The van der Waals surface area contributed by atoms with Crippen molar-refractivity contribution in [1.82, 2.24) is 0 Å². The van der Waals surface area contributed by atoms with E-state index in [9.17, 15) is 5.11 Å². The first-order valence-electron chi connectivity index (χ1n) is 6.04. The zero-order valence-corrected chi connectivity index (χ0v) is 11.1. The van der Waals surface area contributed by atoms with E-state index in [2.05, 4.69) is 16.6 Å². The largest absolute Gasteiger partial charge is 0.507 e. The van der Waals surface area contributed by atoms with Gasteiger partial charge in [0.15, 0.2) is 0 Å². The summed E-state index contributed by atoms with van der Waals surface area (Å²) in [6.45, 7) is 8.05. The first-order valence-corrected chi connectivity index (χ1v) is 6.04. The number of rotatable bonds is 2. The number of allylic oxidation sites excluding steroid dienone is 1. The van der Waals surface area contributed by atoms with E-state index in [1.165, 1.54) is 0 Å². The number of nitrogens with two attached hydrogens (primary N) is 1. The van der Waals surface area contributed by atoms with Gasteiger partial charge in [-0.3, -0.25) is 4.99 Å². The maximum absolute atomic E-state index is 10.1. The standard InChI is InChI=1S/C15H17N3O/c1-9(2)11-4-5-12(13(19)8-11)15-10(3)18-14(16)6-7-17-15/h4-6,8,19H,1,7,16H2,2-3H3. The van der Waals surface area contributed by atoms with Crippen molar-refractivity contribution in [2.24, 2.45) is 15.7 Å². The maximum atomic E-state index is 10.1. The lowest BCUT2D eigenvalue weighted by atomic mass is 10.0. The van der Waals surface area contributed by atoms with Crippen molar-refractivity contribution in [3.05, 3.63) is 47.8 Å². The van der Waals surface area contributed by atoms with Crippen LogP contribution in [-0.4, -0.2) is 23.1 Å². The van der Waals surface area contributed by atoms with E-state index < -0.39 is 0 Å². The van der Waals surface area contributed by atoms with Crippen molar-refractivity contribution in [2.45, 2.75) is 13.8 Å².